The summed E-state index contributed by atoms with van der Waals surface area (Å²) < 4.78 is 0. The second-order valence-electron chi connectivity index (χ2n) is 3.83. The molecule has 0 saturated carbocycles. The van der Waals surface area contributed by atoms with Crippen molar-refractivity contribution in [3.05, 3.63) is 45.9 Å². The second kappa shape index (κ2) is 5.12. The molecule has 0 aliphatic rings. The molecule has 16 heavy (non-hydrogen) atoms. The van der Waals surface area contributed by atoms with Crippen LogP contribution in [-0.4, -0.2) is 4.98 Å². The van der Waals surface area contributed by atoms with Crippen molar-refractivity contribution in [2.45, 2.75) is 26.8 Å². The normalized spacial score (nSPS) is 10.4. The van der Waals surface area contributed by atoms with Gasteiger partial charge in [-0.15, -0.1) is 11.3 Å². The quantitative estimate of drug-likeness (QED) is 0.870. The van der Waals surface area contributed by atoms with Gasteiger partial charge in [0.15, 0.2) is 0 Å². The molecule has 0 amide bonds. The van der Waals surface area contributed by atoms with Crippen LogP contribution in [0, 0.1) is 6.92 Å². The van der Waals surface area contributed by atoms with E-state index in [1.54, 1.807) is 0 Å². The van der Waals surface area contributed by atoms with Crippen LogP contribution in [-0.2, 0) is 13.0 Å². The Bertz CT molecular complexity index is 462. The van der Waals surface area contributed by atoms with Crippen LogP contribution in [0.5, 0.6) is 0 Å². The van der Waals surface area contributed by atoms with Gasteiger partial charge in [-0.25, -0.2) is 0 Å². The molecule has 0 saturated heterocycles. The first-order valence-corrected chi connectivity index (χ1v) is 6.32. The Labute approximate surface area is 100 Å². The zero-order valence-electron chi connectivity index (χ0n) is 9.66. The number of thiophene rings is 1. The first-order chi connectivity index (χ1) is 7.78. The van der Waals surface area contributed by atoms with E-state index in [-0.39, 0.29) is 0 Å². The van der Waals surface area contributed by atoms with Gasteiger partial charge in [-0.05, 0) is 37.1 Å². The third kappa shape index (κ3) is 2.83. The number of anilines is 1. The monoisotopic (exact) mass is 232 g/mol. The number of aromatic nitrogens is 1. The van der Waals surface area contributed by atoms with Gasteiger partial charge in [0.1, 0.15) is 0 Å². The number of pyridine rings is 1. The fourth-order valence-electron chi connectivity index (χ4n) is 1.55. The van der Waals surface area contributed by atoms with Crippen LogP contribution >= 0.6 is 11.3 Å². The van der Waals surface area contributed by atoms with Gasteiger partial charge < -0.3 is 5.32 Å². The molecular weight excluding hydrogens is 216 g/mol. The molecule has 84 valence electrons. The lowest BCUT2D eigenvalue weighted by atomic mass is 10.3. The molecule has 2 nitrogen and oxygen atoms in total. The largest absolute Gasteiger partial charge is 0.379 e. The lowest BCUT2D eigenvalue weighted by Gasteiger charge is -2.04. The van der Waals surface area contributed by atoms with E-state index >= 15 is 0 Å². The maximum absolute atomic E-state index is 4.16. The van der Waals surface area contributed by atoms with E-state index in [0.29, 0.717) is 0 Å². The molecule has 2 aromatic rings. The molecule has 0 spiro atoms. The average molecular weight is 232 g/mol. The molecule has 1 N–H and O–H groups in total. The molecular formula is C13H16N2S. The van der Waals surface area contributed by atoms with Crippen molar-refractivity contribution >= 4 is 17.0 Å². The van der Waals surface area contributed by atoms with Gasteiger partial charge in [-0.3, -0.25) is 4.98 Å². The molecule has 0 bridgehead atoms. The van der Waals surface area contributed by atoms with E-state index in [0.717, 1.165) is 18.7 Å². The first kappa shape index (κ1) is 11.1. The van der Waals surface area contributed by atoms with Crippen LogP contribution in [0.25, 0.3) is 0 Å². The Morgan fingerprint density at radius 2 is 2.06 bits per heavy atom. The maximum Gasteiger partial charge on any atom is 0.0532 e. The summed E-state index contributed by atoms with van der Waals surface area (Å²) in [6.45, 7) is 5.13. The van der Waals surface area contributed by atoms with Crippen LogP contribution in [0.1, 0.15) is 22.2 Å². The zero-order valence-corrected chi connectivity index (χ0v) is 10.5. The smallest absolute Gasteiger partial charge is 0.0532 e. The van der Waals surface area contributed by atoms with Gasteiger partial charge >= 0.3 is 0 Å². The third-order valence-electron chi connectivity index (χ3n) is 2.41. The summed E-state index contributed by atoms with van der Waals surface area (Å²) in [6, 6.07) is 6.51. The highest BCUT2D eigenvalue weighted by Crippen LogP contribution is 2.18. The minimum Gasteiger partial charge on any atom is -0.379 e. The lowest BCUT2D eigenvalue weighted by Crippen LogP contribution is -1.97. The van der Waals surface area contributed by atoms with Crippen LogP contribution < -0.4 is 5.32 Å². The van der Waals surface area contributed by atoms with E-state index in [1.807, 2.05) is 23.7 Å². The third-order valence-corrected chi connectivity index (χ3v) is 3.64. The molecule has 2 aromatic heterocycles. The number of rotatable bonds is 4. The summed E-state index contributed by atoms with van der Waals surface area (Å²) in [5.41, 5.74) is 2.27. The summed E-state index contributed by atoms with van der Waals surface area (Å²) in [7, 11) is 0. The van der Waals surface area contributed by atoms with Crippen LogP contribution in [0.2, 0.25) is 0 Å². The van der Waals surface area contributed by atoms with Crippen molar-refractivity contribution in [2.24, 2.45) is 0 Å². The van der Waals surface area contributed by atoms with Crippen molar-refractivity contribution in [3.63, 3.8) is 0 Å². The minimum atomic E-state index is 0.885. The van der Waals surface area contributed by atoms with E-state index in [9.17, 15) is 0 Å². The van der Waals surface area contributed by atoms with Gasteiger partial charge in [0.25, 0.3) is 0 Å². The fraction of sp³-hybridized carbons (Fsp3) is 0.308. The molecule has 0 radical (unpaired) electrons. The van der Waals surface area contributed by atoms with Crippen molar-refractivity contribution in [1.29, 1.82) is 0 Å². The second-order valence-corrected chi connectivity index (χ2v) is 5.08. The highest BCUT2D eigenvalue weighted by Gasteiger charge is 1.99. The summed E-state index contributed by atoms with van der Waals surface area (Å²) >= 11 is 1.87. The number of nitrogens with zero attached hydrogens (tertiary/aromatic N) is 1. The molecule has 0 aromatic carbocycles. The number of aryl methyl sites for hydroxylation is 2. The van der Waals surface area contributed by atoms with Gasteiger partial charge in [0, 0.05) is 28.7 Å². The Morgan fingerprint density at radius 3 is 2.75 bits per heavy atom. The maximum atomic E-state index is 4.16. The van der Waals surface area contributed by atoms with Gasteiger partial charge in [0.2, 0.25) is 0 Å². The van der Waals surface area contributed by atoms with Gasteiger partial charge in [0.05, 0.1) is 5.69 Å². The summed E-state index contributed by atoms with van der Waals surface area (Å²) in [5.74, 6) is 0. The SMILES string of the molecule is CCc1ccc(CNc2cncc(C)c2)s1. The summed E-state index contributed by atoms with van der Waals surface area (Å²) in [4.78, 5) is 6.98. The molecule has 0 aliphatic carbocycles. The molecule has 2 rings (SSSR count). The Balaban J connectivity index is 1.96. The predicted octanol–water partition coefficient (Wildman–Crippen LogP) is 3.63. The van der Waals surface area contributed by atoms with Crippen LogP contribution in [0.15, 0.2) is 30.6 Å². The van der Waals surface area contributed by atoms with Gasteiger partial charge in [-0.2, -0.15) is 0 Å². The van der Waals surface area contributed by atoms with Crippen molar-refractivity contribution in [1.82, 2.24) is 4.98 Å². The highest BCUT2D eigenvalue weighted by atomic mass is 32.1. The van der Waals surface area contributed by atoms with E-state index < -0.39 is 0 Å². The van der Waals surface area contributed by atoms with Crippen molar-refractivity contribution in [2.75, 3.05) is 5.32 Å². The van der Waals surface area contributed by atoms with Crippen molar-refractivity contribution in [3.8, 4) is 0 Å². The predicted molar refractivity (Wildman–Crippen MR) is 70.0 cm³/mol. The topological polar surface area (TPSA) is 24.9 Å². The van der Waals surface area contributed by atoms with Crippen LogP contribution in [0.4, 0.5) is 5.69 Å². The van der Waals surface area contributed by atoms with E-state index in [4.69, 9.17) is 0 Å². The lowest BCUT2D eigenvalue weighted by molar-refractivity contribution is 1.16. The van der Waals surface area contributed by atoms with E-state index in [1.165, 1.54) is 15.3 Å². The number of hydrogen-bond acceptors (Lipinski definition) is 3. The standard InChI is InChI=1S/C13H16N2S/c1-3-12-4-5-13(16-12)9-15-11-6-10(2)7-14-8-11/h4-8,15H,3,9H2,1-2H3. The molecule has 2 heterocycles. The Hall–Kier alpha value is -1.35. The molecule has 0 aliphatic heterocycles. The molecule has 0 unspecified atom stereocenters. The van der Waals surface area contributed by atoms with Crippen LogP contribution in [0.3, 0.4) is 0 Å². The molecule has 0 fully saturated rings. The Kier molecular flexibility index (Phi) is 3.57. The van der Waals surface area contributed by atoms with Crippen molar-refractivity contribution < 1.29 is 0 Å². The summed E-state index contributed by atoms with van der Waals surface area (Å²) in [6.07, 6.45) is 4.85. The molecule has 3 heteroatoms. The fourth-order valence-corrected chi connectivity index (χ4v) is 2.45. The van der Waals surface area contributed by atoms with E-state index in [2.05, 4.69) is 42.3 Å². The minimum absolute atomic E-state index is 0.885. The van der Waals surface area contributed by atoms with Gasteiger partial charge in [-0.1, -0.05) is 6.92 Å². The first-order valence-electron chi connectivity index (χ1n) is 5.51. The Morgan fingerprint density at radius 1 is 1.25 bits per heavy atom. The number of hydrogen-bond donors (Lipinski definition) is 1. The summed E-state index contributed by atoms with van der Waals surface area (Å²) in [5, 5.41) is 3.39. The number of nitrogens with one attached hydrogen (secondary N) is 1. The zero-order chi connectivity index (χ0) is 11.4. The average Bonchev–Trinajstić information content (AvgIpc) is 2.74. The highest BCUT2D eigenvalue weighted by molar-refractivity contribution is 7.12. The molecule has 0 atom stereocenters.